The largest absolute Gasteiger partial charge is 4.00 e. The van der Waals surface area contributed by atoms with Crippen LogP contribution in [0.25, 0.3) is 17.2 Å². The van der Waals surface area contributed by atoms with E-state index in [1.54, 1.807) is 25.2 Å². The molecule has 1 aromatic carbocycles. The summed E-state index contributed by atoms with van der Waals surface area (Å²) in [7, 11) is 0. The summed E-state index contributed by atoms with van der Waals surface area (Å²) in [6.45, 7) is 6.88. The van der Waals surface area contributed by atoms with E-state index in [9.17, 15) is 0 Å². The van der Waals surface area contributed by atoms with Gasteiger partial charge in [-0.05, 0) is 0 Å². The molecule has 3 nitrogen and oxygen atoms in total. The van der Waals surface area contributed by atoms with Gasteiger partial charge in [0.2, 0.25) is 0 Å². The Morgan fingerprint density at radius 3 is 1.17 bits per heavy atom. The van der Waals surface area contributed by atoms with Crippen LogP contribution in [0, 0.1) is 0 Å². The Morgan fingerprint density at radius 2 is 1.06 bits per heavy atom. The minimum absolute atomic E-state index is 0. The molecule has 0 aliphatic heterocycles. The van der Waals surface area contributed by atoms with Gasteiger partial charge >= 0.3 is 80.4 Å². The first-order valence-electron chi connectivity index (χ1n) is 6.20. The van der Waals surface area contributed by atoms with Crippen molar-refractivity contribution in [3.05, 3.63) is 41.5 Å². The number of rotatable bonds is 1. The molecule has 0 aromatic heterocycles. The average Bonchev–Trinajstić information content (AvgIpc) is 2.73. The summed E-state index contributed by atoms with van der Waals surface area (Å²) in [6.07, 6.45) is 0. The fourth-order valence-electron chi connectivity index (χ4n) is 0.774. The molecule has 0 radical (unpaired) electrons. The van der Waals surface area contributed by atoms with Crippen LogP contribution in [-0.4, -0.2) is 34.0 Å². The number of hydrogen-bond donors (Lipinski definition) is 0. The Kier molecular flexibility index (Phi) is 39.5. The minimum Gasteiger partial charge on any atom is 4.00 e. The smallest absolute Gasteiger partial charge is 4.00 e. The molecule has 3 N–H and O–H groups in total. The van der Waals surface area contributed by atoms with Gasteiger partial charge in [0.05, 0.1) is 0 Å². The summed E-state index contributed by atoms with van der Waals surface area (Å²) in [4.78, 5) is 0. The van der Waals surface area contributed by atoms with Crippen LogP contribution in [0.4, 0.5) is 0 Å². The van der Waals surface area contributed by atoms with E-state index in [4.69, 9.17) is 17.2 Å². The maximum Gasteiger partial charge on any atom is 4.00 e. The maximum absolute atomic E-state index is 6.21. The Labute approximate surface area is 137 Å². The van der Waals surface area contributed by atoms with Crippen molar-refractivity contribution >= 4 is 18.7 Å². The van der Waals surface area contributed by atoms with Gasteiger partial charge in [-0.3, -0.25) is 0 Å². The standard InChI is InChI=1S/C7H11Ge.3C2H6N.Hf/c1-8(2)7-5-3-4-6-7;3*1-2-3;/h3-6,8H,1-2H3;3*3H,2H2,1H3;/q4*-1;+4. The van der Waals surface area contributed by atoms with E-state index in [-0.39, 0.29) is 25.8 Å². The first kappa shape index (κ1) is 27.1. The van der Waals surface area contributed by atoms with Crippen LogP contribution in [0.2, 0.25) is 11.5 Å². The van der Waals surface area contributed by atoms with E-state index >= 15 is 0 Å². The van der Waals surface area contributed by atoms with Crippen LogP contribution >= 0.6 is 0 Å². The molecule has 0 saturated carbocycles. The second-order valence-corrected chi connectivity index (χ2v) is 9.68. The van der Waals surface area contributed by atoms with Gasteiger partial charge < -0.3 is 17.2 Å². The van der Waals surface area contributed by atoms with Crippen molar-refractivity contribution in [2.75, 3.05) is 19.6 Å². The molecule has 1 rings (SSSR count). The van der Waals surface area contributed by atoms with Crippen LogP contribution in [0.15, 0.2) is 24.3 Å². The molecule has 0 aliphatic carbocycles. The van der Waals surface area contributed by atoms with Crippen molar-refractivity contribution < 1.29 is 25.8 Å². The predicted molar refractivity (Wildman–Crippen MR) is 85.1 cm³/mol. The molecule has 0 atom stereocenters. The molecule has 0 heterocycles. The molecule has 0 spiro atoms. The van der Waals surface area contributed by atoms with Crippen LogP contribution in [0.3, 0.4) is 0 Å². The molecular weight excluding hydrogens is 449 g/mol. The Hall–Kier alpha value is 0.643. The van der Waals surface area contributed by atoms with Gasteiger partial charge in [0.25, 0.3) is 0 Å². The number of hydrogen-bond acceptors (Lipinski definition) is 0. The minimum atomic E-state index is -0.888. The first-order valence-corrected chi connectivity index (χ1v) is 12.3. The van der Waals surface area contributed by atoms with E-state index in [0.717, 1.165) is 0 Å². The monoisotopic (exact) mass is 481 g/mol. The van der Waals surface area contributed by atoms with E-state index in [1.807, 2.05) is 0 Å². The Bertz CT molecular complexity index is 187. The quantitative estimate of drug-likeness (QED) is 0.427. The van der Waals surface area contributed by atoms with E-state index in [1.165, 1.54) is 0 Å². The van der Waals surface area contributed by atoms with Crippen LogP contribution < -0.4 is 4.40 Å². The van der Waals surface area contributed by atoms with Crippen LogP contribution in [0.5, 0.6) is 0 Å². The van der Waals surface area contributed by atoms with Gasteiger partial charge in [0.1, 0.15) is 0 Å². The maximum atomic E-state index is 6.21. The first-order chi connectivity index (χ1) is 8.05. The normalized spacial score (nSPS) is 7.61. The summed E-state index contributed by atoms with van der Waals surface area (Å²) in [5, 5.41) is 0. The zero-order valence-corrected chi connectivity index (χ0v) is 18.5. The molecule has 0 fully saturated rings. The fraction of sp³-hybridized carbons (Fsp3) is 0.615. The van der Waals surface area contributed by atoms with Crippen LogP contribution in [0.1, 0.15) is 20.8 Å². The van der Waals surface area contributed by atoms with Crippen molar-refractivity contribution in [2.45, 2.75) is 32.3 Å². The van der Waals surface area contributed by atoms with Gasteiger partial charge in [0, 0.05) is 0 Å². The number of nitrogens with one attached hydrogen (secondary N) is 3. The molecular formula is C13H29GeHfN3. The fourth-order valence-corrected chi connectivity index (χ4v) is 2.86. The van der Waals surface area contributed by atoms with Crippen molar-refractivity contribution in [1.82, 2.24) is 0 Å². The Balaban J connectivity index is -0.0000000840. The second kappa shape index (κ2) is 26.3. The van der Waals surface area contributed by atoms with Crippen molar-refractivity contribution in [3.63, 3.8) is 0 Å². The molecule has 0 bridgehead atoms. The summed E-state index contributed by atoms with van der Waals surface area (Å²) < 4.78 is 1.62. The zero-order chi connectivity index (χ0) is 14.1. The summed E-state index contributed by atoms with van der Waals surface area (Å²) in [5.41, 5.74) is 18.6. The Morgan fingerprint density at radius 1 is 0.833 bits per heavy atom. The SMILES string of the molecule is CC[NH-].CC[NH-].CC[NH-].[CH3][GeH]([CH3])[c-]1cccc1.[Hf+4]. The van der Waals surface area contributed by atoms with E-state index in [0.29, 0.717) is 19.6 Å². The van der Waals surface area contributed by atoms with Gasteiger partial charge in [0.15, 0.2) is 0 Å². The topological polar surface area (TPSA) is 71.4 Å². The average molecular weight is 478 g/mol. The van der Waals surface area contributed by atoms with E-state index in [2.05, 4.69) is 35.8 Å². The van der Waals surface area contributed by atoms with Crippen molar-refractivity contribution in [1.29, 1.82) is 0 Å². The zero-order valence-electron chi connectivity index (χ0n) is 12.5. The van der Waals surface area contributed by atoms with Crippen LogP contribution in [-0.2, 0) is 25.8 Å². The predicted octanol–water partition coefficient (Wildman–Crippen LogP) is 4.27. The third kappa shape index (κ3) is 30.0. The second-order valence-electron chi connectivity index (χ2n) is 3.43. The summed E-state index contributed by atoms with van der Waals surface area (Å²) >= 11 is -0.888. The summed E-state index contributed by atoms with van der Waals surface area (Å²) in [6, 6.07) is 8.73. The van der Waals surface area contributed by atoms with Crippen molar-refractivity contribution in [2.24, 2.45) is 0 Å². The summed E-state index contributed by atoms with van der Waals surface area (Å²) in [5.74, 6) is 4.78. The van der Waals surface area contributed by atoms with Crippen molar-refractivity contribution in [3.8, 4) is 0 Å². The van der Waals surface area contributed by atoms with Gasteiger partial charge in [-0.1, -0.05) is 20.8 Å². The molecule has 0 amide bonds. The third-order valence-electron chi connectivity index (χ3n) is 1.36. The van der Waals surface area contributed by atoms with Gasteiger partial charge in [-0.15, -0.1) is 0 Å². The van der Waals surface area contributed by atoms with Gasteiger partial charge in [-0.25, -0.2) is 0 Å². The molecule has 0 aliphatic rings. The van der Waals surface area contributed by atoms with E-state index < -0.39 is 14.3 Å². The molecule has 18 heavy (non-hydrogen) atoms. The molecule has 0 unspecified atom stereocenters. The molecule has 5 heteroatoms. The van der Waals surface area contributed by atoms with Gasteiger partial charge in [-0.2, -0.15) is 19.6 Å². The molecule has 0 saturated heterocycles. The third-order valence-corrected chi connectivity index (χ3v) is 4.96. The molecule has 1 aromatic rings. The molecule has 104 valence electrons.